The van der Waals surface area contributed by atoms with Crippen molar-refractivity contribution in [3.05, 3.63) is 12.2 Å². The van der Waals surface area contributed by atoms with E-state index < -0.39 is 0 Å². The van der Waals surface area contributed by atoms with E-state index in [1.807, 2.05) is 6.08 Å². The minimum atomic E-state index is 0. The zero-order valence-corrected chi connectivity index (χ0v) is 11.3. The van der Waals surface area contributed by atoms with Gasteiger partial charge in [0.1, 0.15) is 0 Å². The van der Waals surface area contributed by atoms with Crippen LogP contribution in [0.25, 0.3) is 0 Å². The molecule has 0 bridgehead atoms. The molecule has 0 aliphatic carbocycles. The molecule has 0 heterocycles. The van der Waals surface area contributed by atoms with Gasteiger partial charge in [-0.15, -0.1) is 0 Å². The first-order valence-electron chi connectivity index (χ1n) is 3.94. The maximum atomic E-state index is 10.4. The number of unbranched alkanes of at least 4 members (excludes halogenated alkanes) is 3. The van der Waals surface area contributed by atoms with Crippen molar-refractivity contribution in [1.29, 1.82) is 0 Å². The molecule has 4 heteroatoms. The minimum Gasteiger partial charge on any atom is -1.00 e. The summed E-state index contributed by atoms with van der Waals surface area (Å²) in [5.41, 5.74) is 0. The number of hydrogen-bond acceptors (Lipinski definition) is 1. The van der Waals surface area contributed by atoms with Gasteiger partial charge < -0.3 is 24.8 Å². The summed E-state index contributed by atoms with van der Waals surface area (Å²) in [7, 11) is 0. The second-order valence-electron chi connectivity index (χ2n) is 2.51. The molecule has 0 saturated carbocycles. The molecule has 0 aromatic heterocycles. The quantitative estimate of drug-likeness (QED) is 0.273. The predicted octanol–water partition coefficient (Wildman–Crippen LogP) is -3.66. The maximum Gasteiger partial charge on any atom is 2.00 e. The first-order valence-corrected chi connectivity index (χ1v) is 3.94. The molecule has 0 rings (SSSR count). The average Bonchev–Trinajstić information content (AvgIpc) is 1.87. The molecule has 0 amide bonds. The van der Waals surface area contributed by atoms with Crippen LogP contribution in [0.15, 0.2) is 12.2 Å². The van der Waals surface area contributed by atoms with Gasteiger partial charge in [-0.3, -0.25) is 4.79 Å². The Morgan fingerprint density at radius 1 is 1.23 bits per heavy atom. The molecule has 0 aliphatic rings. The van der Waals surface area contributed by atoms with E-state index in [9.17, 15) is 4.79 Å². The monoisotopic (exact) mass is 234 g/mol. The number of allylic oxidation sites excluding steroid dienone is 2. The van der Waals surface area contributed by atoms with E-state index in [0.717, 1.165) is 6.42 Å². The van der Waals surface area contributed by atoms with Crippen molar-refractivity contribution in [3.63, 3.8) is 0 Å². The number of hydrogen-bond donors (Lipinski definition) is 0. The maximum absolute atomic E-state index is 10.4. The zero-order valence-electron chi connectivity index (χ0n) is 8.35. The second-order valence-corrected chi connectivity index (χ2v) is 2.51. The third-order valence-corrected chi connectivity index (χ3v) is 1.33. The number of ketones is 1. The third-order valence-electron chi connectivity index (χ3n) is 1.33. The van der Waals surface area contributed by atoms with Gasteiger partial charge in [-0.1, -0.05) is 25.8 Å². The Bertz CT molecular complexity index is 127. The van der Waals surface area contributed by atoms with E-state index in [1.54, 1.807) is 13.0 Å². The normalized spacial score (nSPS) is 8.15. The molecule has 0 saturated heterocycles. The van der Waals surface area contributed by atoms with Crippen LogP contribution in [-0.2, 0) is 4.79 Å². The fourth-order valence-electron chi connectivity index (χ4n) is 0.761. The van der Waals surface area contributed by atoms with Crippen molar-refractivity contribution in [1.82, 2.24) is 0 Å². The summed E-state index contributed by atoms with van der Waals surface area (Å²) in [4.78, 5) is 10.4. The largest absolute Gasteiger partial charge is 2.00 e. The van der Waals surface area contributed by atoms with E-state index in [2.05, 4.69) is 6.92 Å². The minimum absolute atomic E-state index is 0. The third kappa shape index (κ3) is 24.5. The van der Waals surface area contributed by atoms with E-state index in [0.29, 0.717) is 0 Å². The van der Waals surface area contributed by atoms with Crippen LogP contribution >= 0.6 is 0 Å². The van der Waals surface area contributed by atoms with Crippen molar-refractivity contribution >= 4 is 28.8 Å². The summed E-state index contributed by atoms with van der Waals surface area (Å²) in [6, 6.07) is 0. The van der Waals surface area contributed by atoms with Gasteiger partial charge in [-0.2, -0.15) is 0 Å². The SMILES string of the molecule is CCCCCC=CC(C)=O.[Cl-].[Cl-].[Mg+2]. The standard InChI is InChI=1S/C9H16O.2ClH.Mg/c1-3-4-5-6-7-8-9(2)10;;;/h7-8H,3-6H2,1-2H3;2*1H;/q;;;+2/p-2. The predicted molar refractivity (Wildman–Crippen MR) is 49.7 cm³/mol. The van der Waals surface area contributed by atoms with Crippen LogP contribution < -0.4 is 24.8 Å². The van der Waals surface area contributed by atoms with Crippen molar-refractivity contribution in [2.24, 2.45) is 0 Å². The zero-order chi connectivity index (χ0) is 7.82. The summed E-state index contributed by atoms with van der Waals surface area (Å²) in [6.45, 7) is 3.75. The summed E-state index contributed by atoms with van der Waals surface area (Å²) in [5, 5.41) is 0. The average molecular weight is 235 g/mol. The van der Waals surface area contributed by atoms with Gasteiger partial charge in [0.15, 0.2) is 5.78 Å². The van der Waals surface area contributed by atoms with Gasteiger partial charge in [0.05, 0.1) is 0 Å². The fraction of sp³-hybridized carbons (Fsp3) is 0.667. The Hall–Kier alpha value is 0.756. The van der Waals surface area contributed by atoms with Crippen LogP contribution in [0, 0.1) is 0 Å². The molecule has 0 aliphatic heterocycles. The first kappa shape index (κ1) is 23.5. The summed E-state index contributed by atoms with van der Waals surface area (Å²) < 4.78 is 0. The first-order chi connectivity index (χ1) is 4.77. The van der Waals surface area contributed by atoms with Gasteiger partial charge in [0.25, 0.3) is 0 Å². The van der Waals surface area contributed by atoms with Gasteiger partial charge in [0, 0.05) is 0 Å². The Balaban J connectivity index is -0.000000135. The number of rotatable bonds is 5. The summed E-state index contributed by atoms with van der Waals surface area (Å²) >= 11 is 0. The molecular formula is C9H16Cl2MgO. The molecule has 0 N–H and O–H groups in total. The molecule has 0 aromatic carbocycles. The van der Waals surface area contributed by atoms with E-state index in [1.165, 1.54) is 19.3 Å². The number of halogens is 2. The van der Waals surface area contributed by atoms with Crippen molar-refractivity contribution in [2.75, 3.05) is 0 Å². The van der Waals surface area contributed by atoms with Crippen molar-refractivity contribution in [2.45, 2.75) is 39.5 Å². The Labute approximate surface area is 110 Å². The molecule has 0 radical (unpaired) electrons. The van der Waals surface area contributed by atoms with Gasteiger partial charge >= 0.3 is 23.1 Å². The fourth-order valence-corrected chi connectivity index (χ4v) is 0.761. The van der Waals surface area contributed by atoms with Crippen molar-refractivity contribution < 1.29 is 29.6 Å². The second kappa shape index (κ2) is 18.5. The molecule has 0 atom stereocenters. The Morgan fingerprint density at radius 2 is 1.77 bits per heavy atom. The van der Waals surface area contributed by atoms with Crippen LogP contribution in [0.4, 0.5) is 0 Å². The van der Waals surface area contributed by atoms with Gasteiger partial charge in [-0.05, 0) is 25.8 Å². The number of carbonyl (C=O) groups excluding carboxylic acids is 1. The number of carbonyl (C=O) groups is 1. The summed E-state index contributed by atoms with van der Waals surface area (Å²) in [5.74, 6) is 0.150. The van der Waals surface area contributed by atoms with Gasteiger partial charge in [0.2, 0.25) is 0 Å². The smallest absolute Gasteiger partial charge is 1.00 e. The van der Waals surface area contributed by atoms with Crippen LogP contribution in [0.5, 0.6) is 0 Å². The van der Waals surface area contributed by atoms with E-state index >= 15 is 0 Å². The molecule has 0 spiro atoms. The summed E-state index contributed by atoms with van der Waals surface area (Å²) in [6.07, 6.45) is 8.37. The van der Waals surface area contributed by atoms with Crippen LogP contribution in [0.1, 0.15) is 39.5 Å². The van der Waals surface area contributed by atoms with E-state index in [-0.39, 0.29) is 53.7 Å². The molecule has 0 fully saturated rings. The molecule has 74 valence electrons. The van der Waals surface area contributed by atoms with Crippen LogP contribution in [-0.4, -0.2) is 28.8 Å². The molecule has 13 heavy (non-hydrogen) atoms. The Morgan fingerprint density at radius 3 is 2.15 bits per heavy atom. The van der Waals surface area contributed by atoms with Gasteiger partial charge in [-0.25, -0.2) is 0 Å². The Kier molecular flexibility index (Phi) is 33.5. The van der Waals surface area contributed by atoms with Crippen LogP contribution in [0.2, 0.25) is 0 Å². The molecule has 0 unspecified atom stereocenters. The van der Waals surface area contributed by atoms with Crippen molar-refractivity contribution in [3.8, 4) is 0 Å². The molecule has 0 aromatic rings. The molecule has 1 nitrogen and oxygen atoms in total. The van der Waals surface area contributed by atoms with E-state index in [4.69, 9.17) is 0 Å². The topological polar surface area (TPSA) is 17.1 Å². The molecular weight excluding hydrogens is 219 g/mol. The van der Waals surface area contributed by atoms with Crippen LogP contribution in [0.3, 0.4) is 0 Å².